The van der Waals surface area contributed by atoms with E-state index >= 15 is 0 Å². The average molecular weight is 494 g/mol. The second-order valence-electron chi connectivity index (χ2n) is 6.93. The number of carbonyl (C=O) groups excluding carboxylic acids is 1. The highest BCUT2D eigenvalue weighted by atomic mass is 35.5. The molecular weight excluding hydrogens is 477 g/mol. The Kier molecular flexibility index (Phi) is 6.36. The number of nitrogens with zero attached hydrogens (tertiary/aromatic N) is 2. The summed E-state index contributed by atoms with van der Waals surface area (Å²) >= 11 is 13.3. The molecule has 0 saturated carbocycles. The Labute approximate surface area is 193 Å². The molecule has 1 aliphatic rings. The molecule has 0 saturated heterocycles. The number of aromatic nitrogens is 2. The fraction of sp³-hybridized carbons (Fsp3) is 0.190. The van der Waals surface area contributed by atoms with Crippen LogP contribution >= 0.6 is 34.5 Å². The fourth-order valence-corrected chi connectivity index (χ4v) is 5.78. The van der Waals surface area contributed by atoms with Gasteiger partial charge in [0, 0.05) is 21.7 Å². The number of hydrogen-bond acceptors (Lipinski definition) is 5. The van der Waals surface area contributed by atoms with E-state index in [2.05, 4.69) is 10.8 Å². The number of sulfonamides is 1. The first-order valence-corrected chi connectivity index (χ1v) is 12.5. The summed E-state index contributed by atoms with van der Waals surface area (Å²) < 4.78 is 28.4. The fourth-order valence-electron chi connectivity index (χ4n) is 3.38. The molecule has 6 nitrogen and oxygen atoms in total. The molecule has 1 aliphatic carbocycles. The van der Waals surface area contributed by atoms with Gasteiger partial charge in [-0.2, -0.15) is 5.10 Å². The van der Waals surface area contributed by atoms with Gasteiger partial charge in [0.2, 0.25) is 0 Å². The first-order chi connectivity index (χ1) is 14.8. The molecule has 0 unspecified atom stereocenters. The summed E-state index contributed by atoms with van der Waals surface area (Å²) in [6, 6.07) is 8.36. The van der Waals surface area contributed by atoms with Crippen LogP contribution in [0, 0.1) is 0 Å². The summed E-state index contributed by atoms with van der Waals surface area (Å²) in [6.07, 6.45) is 5.40. The highest BCUT2D eigenvalue weighted by molar-refractivity contribution is 7.92. The maximum absolute atomic E-state index is 12.2. The molecule has 2 aromatic heterocycles. The molecule has 0 fully saturated rings. The lowest BCUT2D eigenvalue weighted by atomic mass is 9.93. The third-order valence-electron chi connectivity index (χ3n) is 4.78. The molecule has 4 rings (SSSR count). The average Bonchev–Trinajstić information content (AvgIpc) is 3.39. The monoisotopic (exact) mass is 493 g/mol. The van der Waals surface area contributed by atoms with Gasteiger partial charge in [0.25, 0.3) is 15.9 Å². The molecule has 0 radical (unpaired) electrons. The summed E-state index contributed by atoms with van der Waals surface area (Å²) in [5.41, 5.74) is 6.58. The number of fused-ring (bicyclic) bond motifs is 1. The molecule has 160 valence electrons. The normalized spacial score (nSPS) is 13.4. The van der Waals surface area contributed by atoms with Crippen LogP contribution in [-0.4, -0.2) is 24.1 Å². The van der Waals surface area contributed by atoms with Crippen molar-refractivity contribution in [2.24, 2.45) is 0 Å². The number of carbonyl (C=O) groups is 1. The van der Waals surface area contributed by atoms with Crippen LogP contribution in [0.3, 0.4) is 0 Å². The minimum Gasteiger partial charge on any atom is -0.268 e. The maximum atomic E-state index is 12.2. The van der Waals surface area contributed by atoms with Crippen molar-refractivity contribution in [3.8, 4) is 0 Å². The standard InChI is InChI=1S/C21H17Cl2N3O3S2/c22-17-8-6-16(18(23)11-17)13-26-21-14(3-1-4-15(21)12-24-26)7-9-19(27)25-31(28,29)20-5-2-10-30-20/h2,5-6,8-12H,1,3-4,13H2,(H,25,27). The Morgan fingerprint density at radius 1 is 1.29 bits per heavy atom. The summed E-state index contributed by atoms with van der Waals surface area (Å²) in [7, 11) is -3.88. The molecule has 0 atom stereocenters. The number of rotatable bonds is 5. The van der Waals surface area contributed by atoms with E-state index in [1.807, 2.05) is 15.5 Å². The predicted octanol–water partition coefficient (Wildman–Crippen LogP) is 4.68. The Morgan fingerprint density at radius 2 is 2.13 bits per heavy atom. The molecule has 0 spiro atoms. The number of thiophene rings is 1. The number of nitrogens with one attached hydrogen (secondary N) is 1. The lowest BCUT2D eigenvalue weighted by Gasteiger charge is -2.16. The zero-order chi connectivity index (χ0) is 22.0. The van der Waals surface area contributed by atoms with Crippen LogP contribution in [0.15, 0.2) is 57.9 Å². The van der Waals surface area contributed by atoms with Crippen molar-refractivity contribution in [1.29, 1.82) is 0 Å². The van der Waals surface area contributed by atoms with E-state index in [9.17, 15) is 13.2 Å². The van der Waals surface area contributed by atoms with Gasteiger partial charge in [-0.05, 0) is 54.0 Å². The largest absolute Gasteiger partial charge is 0.273 e. The summed E-state index contributed by atoms with van der Waals surface area (Å²) in [5, 5.41) is 7.22. The minimum atomic E-state index is -3.88. The lowest BCUT2D eigenvalue weighted by Crippen LogP contribution is -2.28. The Morgan fingerprint density at radius 3 is 2.87 bits per heavy atom. The van der Waals surface area contributed by atoms with Crippen LogP contribution in [0.4, 0.5) is 0 Å². The third kappa shape index (κ3) is 4.95. The molecule has 1 N–H and O–H groups in total. The molecular formula is C21H17Cl2N3O3S2. The highest BCUT2D eigenvalue weighted by Gasteiger charge is 2.21. The van der Waals surface area contributed by atoms with Crippen molar-refractivity contribution >= 4 is 56.0 Å². The van der Waals surface area contributed by atoms with Crippen molar-refractivity contribution in [2.45, 2.75) is 30.0 Å². The maximum Gasteiger partial charge on any atom is 0.273 e. The molecule has 0 bridgehead atoms. The van der Waals surface area contributed by atoms with Crippen molar-refractivity contribution < 1.29 is 13.2 Å². The van der Waals surface area contributed by atoms with E-state index in [0.717, 1.165) is 52.6 Å². The Hall–Kier alpha value is -2.35. The zero-order valence-electron chi connectivity index (χ0n) is 16.1. The lowest BCUT2D eigenvalue weighted by molar-refractivity contribution is -0.114. The van der Waals surface area contributed by atoms with Crippen LogP contribution in [0.1, 0.15) is 29.7 Å². The van der Waals surface area contributed by atoms with E-state index < -0.39 is 15.9 Å². The molecule has 0 aliphatic heterocycles. The smallest absolute Gasteiger partial charge is 0.268 e. The highest BCUT2D eigenvalue weighted by Crippen LogP contribution is 2.31. The Balaban J connectivity index is 1.61. The molecule has 10 heteroatoms. The molecule has 2 heterocycles. The number of halogens is 2. The van der Waals surface area contributed by atoms with Gasteiger partial charge in [-0.3, -0.25) is 9.48 Å². The van der Waals surface area contributed by atoms with E-state index in [1.165, 1.54) is 6.07 Å². The van der Waals surface area contributed by atoms with Gasteiger partial charge in [-0.1, -0.05) is 35.3 Å². The van der Waals surface area contributed by atoms with E-state index in [1.54, 1.807) is 29.8 Å². The first kappa shape index (κ1) is 21.9. The molecule has 3 aromatic rings. The predicted molar refractivity (Wildman–Crippen MR) is 122 cm³/mol. The number of amides is 1. The van der Waals surface area contributed by atoms with Crippen molar-refractivity contribution in [1.82, 2.24) is 14.5 Å². The van der Waals surface area contributed by atoms with Crippen molar-refractivity contribution in [2.75, 3.05) is 0 Å². The Bertz CT molecular complexity index is 1310. The first-order valence-electron chi connectivity index (χ1n) is 9.38. The SMILES string of the molecule is O=C(C=C=C1CCCc2cnn(Cc3ccc(Cl)cc3Cl)c21)NS(=O)(=O)c1cccs1. The van der Waals surface area contributed by atoms with Gasteiger partial charge >= 0.3 is 0 Å². The van der Waals surface area contributed by atoms with Gasteiger partial charge in [0.1, 0.15) is 4.21 Å². The molecule has 31 heavy (non-hydrogen) atoms. The van der Waals surface area contributed by atoms with E-state index in [-0.39, 0.29) is 4.21 Å². The van der Waals surface area contributed by atoms with E-state index in [0.29, 0.717) is 23.0 Å². The van der Waals surface area contributed by atoms with Crippen LogP contribution in [-0.2, 0) is 27.8 Å². The second kappa shape index (κ2) is 9.02. The van der Waals surface area contributed by atoms with Gasteiger partial charge < -0.3 is 0 Å². The van der Waals surface area contributed by atoms with Crippen LogP contribution in [0.2, 0.25) is 10.0 Å². The quantitative estimate of drug-likeness (QED) is 0.413. The topological polar surface area (TPSA) is 81.1 Å². The van der Waals surface area contributed by atoms with Crippen molar-refractivity contribution in [3.63, 3.8) is 0 Å². The van der Waals surface area contributed by atoms with E-state index in [4.69, 9.17) is 23.2 Å². The third-order valence-corrected chi connectivity index (χ3v) is 8.11. The molecule has 1 amide bonds. The van der Waals surface area contributed by atoms with Gasteiger partial charge in [0.15, 0.2) is 0 Å². The molecule has 1 aromatic carbocycles. The zero-order valence-corrected chi connectivity index (χ0v) is 19.3. The van der Waals surface area contributed by atoms with Gasteiger partial charge in [0.05, 0.1) is 18.4 Å². The second-order valence-corrected chi connectivity index (χ2v) is 10.6. The van der Waals surface area contributed by atoms with Gasteiger partial charge in [-0.25, -0.2) is 13.1 Å². The minimum absolute atomic E-state index is 0.0831. The number of hydrogen-bond donors (Lipinski definition) is 1. The summed E-state index contributed by atoms with van der Waals surface area (Å²) in [4.78, 5) is 12.2. The van der Waals surface area contributed by atoms with Crippen LogP contribution < -0.4 is 4.72 Å². The number of aryl methyl sites for hydroxylation is 1. The van der Waals surface area contributed by atoms with Crippen molar-refractivity contribution in [3.05, 3.63) is 80.6 Å². The van der Waals surface area contributed by atoms with Gasteiger partial charge in [-0.15, -0.1) is 17.1 Å². The summed E-state index contributed by atoms with van der Waals surface area (Å²) in [6.45, 7) is 0.440. The number of benzene rings is 1. The van der Waals surface area contributed by atoms with Crippen LogP contribution in [0.25, 0.3) is 5.57 Å². The summed E-state index contributed by atoms with van der Waals surface area (Å²) in [5.74, 6) is -0.750. The van der Waals surface area contributed by atoms with Crippen LogP contribution in [0.5, 0.6) is 0 Å².